The molecule has 8 heteroatoms. The Morgan fingerprint density at radius 1 is 1.14 bits per heavy atom. The molecule has 0 bridgehead atoms. The summed E-state index contributed by atoms with van der Waals surface area (Å²) in [5, 5.41) is 12.6. The summed E-state index contributed by atoms with van der Waals surface area (Å²) in [6.45, 7) is 1.08. The summed E-state index contributed by atoms with van der Waals surface area (Å²) in [6.07, 6.45) is 3.16. The molecule has 8 nitrogen and oxygen atoms in total. The van der Waals surface area contributed by atoms with Crippen LogP contribution in [-0.2, 0) is 4.74 Å². The highest BCUT2D eigenvalue weighted by Crippen LogP contribution is 2.33. The number of anilines is 1. The topological polar surface area (TPSA) is 118 Å². The van der Waals surface area contributed by atoms with Crippen LogP contribution in [0.15, 0.2) is 66.9 Å². The molecule has 4 rings (SSSR count). The molecule has 35 heavy (non-hydrogen) atoms. The van der Waals surface area contributed by atoms with Crippen LogP contribution in [0, 0.1) is 0 Å². The van der Waals surface area contributed by atoms with Crippen LogP contribution in [0.1, 0.15) is 46.3 Å². The van der Waals surface area contributed by atoms with Gasteiger partial charge in [-0.2, -0.15) is 0 Å². The van der Waals surface area contributed by atoms with Gasteiger partial charge >= 0.3 is 6.09 Å². The molecule has 1 atom stereocenters. The lowest BCUT2D eigenvalue weighted by atomic mass is 9.89. The predicted molar refractivity (Wildman–Crippen MR) is 134 cm³/mol. The molecular weight excluding hydrogens is 444 g/mol. The molecule has 1 aliphatic rings. The van der Waals surface area contributed by atoms with Gasteiger partial charge in [-0.25, -0.2) is 9.78 Å². The van der Waals surface area contributed by atoms with Crippen molar-refractivity contribution in [3.8, 4) is 11.1 Å². The molecule has 3 aromatic rings. The van der Waals surface area contributed by atoms with E-state index in [0.29, 0.717) is 24.5 Å². The number of rotatable bonds is 6. The molecule has 0 spiro atoms. The highest BCUT2D eigenvalue weighted by Gasteiger charge is 2.25. The molecule has 1 aliphatic heterocycles. The van der Waals surface area contributed by atoms with Gasteiger partial charge in [0.05, 0.1) is 19.8 Å². The summed E-state index contributed by atoms with van der Waals surface area (Å²) < 4.78 is 4.82. The number of hydrogen-bond donors (Lipinski definition) is 3. The van der Waals surface area contributed by atoms with Crippen LogP contribution < -0.4 is 11.1 Å². The lowest BCUT2D eigenvalue weighted by molar-refractivity contribution is 0.0916. The highest BCUT2D eigenvalue weighted by atomic mass is 16.5. The van der Waals surface area contributed by atoms with Gasteiger partial charge in [0, 0.05) is 30.4 Å². The summed E-state index contributed by atoms with van der Waals surface area (Å²) in [5.74, 6) is 0.431. The fourth-order valence-electron chi connectivity index (χ4n) is 4.43. The number of amides is 2. The predicted octanol–water partition coefficient (Wildman–Crippen LogP) is 3.74. The molecule has 2 heterocycles. The molecule has 1 fully saturated rings. The van der Waals surface area contributed by atoms with Crippen LogP contribution in [-0.4, -0.2) is 53.8 Å². The maximum absolute atomic E-state index is 12.8. The van der Waals surface area contributed by atoms with E-state index >= 15 is 0 Å². The van der Waals surface area contributed by atoms with Gasteiger partial charge in [0.15, 0.2) is 0 Å². The lowest BCUT2D eigenvalue weighted by Gasteiger charge is -2.31. The fourth-order valence-corrected chi connectivity index (χ4v) is 4.43. The number of piperidine rings is 1. The second-order valence-electron chi connectivity index (χ2n) is 8.63. The quantitative estimate of drug-likeness (QED) is 0.501. The fraction of sp³-hybridized carbons (Fsp3) is 0.296. The molecule has 4 N–H and O–H groups in total. The minimum Gasteiger partial charge on any atom is -0.453 e. The zero-order chi connectivity index (χ0) is 24.8. The number of methoxy groups -OCH3 is 1. The number of nitrogens with two attached hydrogens (primary N) is 1. The number of aliphatic hydroxyl groups is 1. The number of carbonyl (C=O) groups excluding carboxylic acids is 2. The van der Waals surface area contributed by atoms with Gasteiger partial charge in [0.1, 0.15) is 5.82 Å². The third kappa shape index (κ3) is 5.60. The number of nitrogens with zero attached hydrogens (tertiary/aromatic N) is 2. The van der Waals surface area contributed by atoms with E-state index in [1.54, 1.807) is 23.2 Å². The Morgan fingerprint density at radius 2 is 1.83 bits per heavy atom. The van der Waals surface area contributed by atoms with Crippen molar-refractivity contribution in [2.24, 2.45) is 0 Å². The Kier molecular flexibility index (Phi) is 7.62. The van der Waals surface area contributed by atoms with Gasteiger partial charge in [-0.15, -0.1) is 0 Å². The second kappa shape index (κ2) is 11.0. The van der Waals surface area contributed by atoms with E-state index in [0.717, 1.165) is 35.1 Å². The first-order valence-corrected chi connectivity index (χ1v) is 11.7. The number of hydrogen-bond acceptors (Lipinski definition) is 6. The molecule has 182 valence electrons. The van der Waals surface area contributed by atoms with Gasteiger partial charge in [0.25, 0.3) is 5.91 Å². The first-order chi connectivity index (χ1) is 17.0. The van der Waals surface area contributed by atoms with Crippen molar-refractivity contribution >= 4 is 17.8 Å². The van der Waals surface area contributed by atoms with Crippen molar-refractivity contribution in [1.82, 2.24) is 15.2 Å². The Labute approximate surface area is 204 Å². The number of pyridine rings is 1. The standard InChI is InChI=1S/C27H30N4O4/c1-35-27(34)31-13-11-18(12-14-31)22-15-23(25(28)29-16-22)19-7-9-21(10-8-19)26(33)30-24(17-32)20-5-3-2-4-6-20/h2-10,15-16,18,24,32H,11-14,17H2,1H3,(H2,28,29)(H,30,33). The van der Waals surface area contributed by atoms with E-state index in [4.69, 9.17) is 10.5 Å². The van der Waals surface area contributed by atoms with Gasteiger partial charge in [-0.3, -0.25) is 4.79 Å². The number of nitrogen functional groups attached to an aromatic ring is 1. The van der Waals surface area contributed by atoms with Crippen molar-refractivity contribution in [2.45, 2.75) is 24.8 Å². The van der Waals surface area contributed by atoms with Crippen LogP contribution in [0.4, 0.5) is 10.6 Å². The Balaban J connectivity index is 1.46. The molecule has 1 unspecified atom stereocenters. The zero-order valence-corrected chi connectivity index (χ0v) is 19.7. The van der Waals surface area contributed by atoms with E-state index in [1.807, 2.05) is 48.5 Å². The third-order valence-electron chi connectivity index (χ3n) is 6.49. The Hall–Kier alpha value is -3.91. The number of nitrogens with one attached hydrogen (secondary N) is 1. The van der Waals surface area contributed by atoms with E-state index in [1.165, 1.54) is 7.11 Å². The SMILES string of the molecule is COC(=O)N1CCC(c2cnc(N)c(-c3ccc(C(=O)NC(CO)c4ccccc4)cc3)c2)CC1. The maximum Gasteiger partial charge on any atom is 0.409 e. The summed E-state index contributed by atoms with van der Waals surface area (Å²) in [5.41, 5.74) is 10.3. The molecule has 0 saturated carbocycles. The Morgan fingerprint density at radius 3 is 2.46 bits per heavy atom. The first-order valence-electron chi connectivity index (χ1n) is 11.7. The lowest BCUT2D eigenvalue weighted by Crippen LogP contribution is -2.37. The summed E-state index contributed by atoms with van der Waals surface area (Å²) in [7, 11) is 1.40. The average Bonchev–Trinajstić information content (AvgIpc) is 2.92. The van der Waals surface area contributed by atoms with Crippen LogP contribution in [0.3, 0.4) is 0 Å². The van der Waals surface area contributed by atoms with Gasteiger partial charge in [0.2, 0.25) is 0 Å². The number of aliphatic hydroxyl groups excluding tert-OH is 1. The van der Waals surface area contributed by atoms with Crippen molar-refractivity contribution in [3.63, 3.8) is 0 Å². The zero-order valence-electron chi connectivity index (χ0n) is 19.7. The van der Waals surface area contributed by atoms with Crippen molar-refractivity contribution < 1.29 is 19.4 Å². The minimum absolute atomic E-state index is 0.193. The van der Waals surface area contributed by atoms with Crippen LogP contribution >= 0.6 is 0 Å². The molecular formula is C27H30N4O4. The molecule has 1 aromatic heterocycles. The number of likely N-dealkylation sites (tertiary alicyclic amines) is 1. The smallest absolute Gasteiger partial charge is 0.409 e. The number of aromatic nitrogens is 1. The highest BCUT2D eigenvalue weighted by molar-refractivity contribution is 5.95. The van der Waals surface area contributed by atoms with E-state index in [-0.39, 0.29) is 24.5 Å². The largest absolute Gasteiger partial charge is 0.453 e. The molecule has 1 saturated heterocycles. The Bertz CT molecular complexity index is 1160. The second-order valence-corrected chi connectivity index (χ2v) is 8.63. The van der Waals surface area contributed by atoms with Crippen molar-refractivity contribution in [3.05, 3.63) is 83.6 Å². The number of ether oxygens (including phenoxy) is 1. The summed E-state index contributed by atoms with van der Waals surface area (Å²) in [4.78, 5) is 30.6. The summed E-state index contributed by atoms with van der Waals surface area (Å²) >= 11 is 0. The molecule has 0 radical (unpaired) electrons. The number of carbonyl (C=O) groups is 2. The van der Waals surface area contributed by atoms with Crippen LogP contribution in [0.2, 0.25) is 0 Å². The van der Waals surface area contributed by atoms with Gasteiger partial charge in [-0.05, 0) is 53.6 Å². The average molecular weight is 475 g/mol. The first kappa shape index (κ1) is 24.2. The van der Waals surface area contributed by atoms with Crippen LogP contribution in [0.5, 0.6) is 0 Å². The van der Waals surface area contributed by atoms with Gasteiger partial charge in [-0.1, -0.05) is 42.5 Å². The molecule has 0 aliphatic carbocycles. The van der Waals surface area contributed by atoms with E-state index in [2.05, 4.69) is 10.3 Å². The molecule has 2 aromatic carbocycles. The van der Waals surface area contributed by atoms with Gasteiger partial charge < -0.3 is 25.8 Å². The summed E-state index contributed by atoms with van der Waals surface area (Å²) in [6, 6.07) is 18.1. The van der Waals surface area contributed by atoms with E-state index < -0.39 is 6.04 Å². The van der Waals surface area contributed by atoms with Crippen molar-refractivity contribution in [2.75, 3.05) is 32.5 Å². The number of benzene rings is 2. The van der Waals surface area contributed by atoms with Crippen LogP contribution in [0.25, 0.3) is 11.1 Å². The van der Waals surface area contributed by atoms with E-state index in [9.17, 15) is 14.7 Å². The minimum atomic E-state index is -0.481. The van der Waals surface area contributed by atoms with Crippen molar-refractivity contribution in [1.29, 1.82) is 0 Å². The maximum atomic E-state index is 12.8. The normalized spacial score (nSPS) is 14.9. The third-order valence-corrected chi connectivity index (χ3v) is 6.49. The molecule has 2 amide bonds. The monoisotopic (exact) mass is 474 g/mol.